The molecular formula is C20H28N6O2. The fraction of sp³-hybridized carbons (Fsp3) is 0.500. The van der Waals surface area contributed by atoms with Crippen LogP contribution in [0.25, 0.3) is 0 Å². The Morgan fingerprint density at radius 1 is 1.18 bits per heavy atom. The van der Waals surface area contributed by atoms with E-state index in [4.69, 9.17) is 9.72 Å². The molecule has 8 heteroatoms. The van der Waals surface area contributed by atoms with Gasteiger partial charge in [-0.15, -0.1) is 5.10 Å². The van der Waals surface area contributed by atoms with Crippen LogP contribution in [0.4, 0.5) is 16.6 Å². The first kappa shape index (κ1) is 19.9. The highest BCUT2D eigenvalue weighted by molar-refractivity contribution is 5.68. The fourth-order valence-electron chi connectivity index (χ4n) is 3.17. The lowest BCUT2D eigenvalue weighted by atomic mass is 10.2. The van der Waals surface area contributed by atoms with Crippen LogP contribution in [0, 0.1) is 0 Å². The first-order valence-corrected chi connectivity index (χ1v) is 9.75. The van der Waals surface area contributed by atoms with Crippen molar-refractivity contribution in [1.82, 2.24) is 20.1 Å². The van der Waals surface area contributed by atoms with Crippen LogP contribution < -0.4 is 9.80 Å². The molecule has 1 saturated heterocycles. The maximum atomic E-state index is 11.9. The van der Waals surface area contributed by atoms with Crippen LogP contribution in [-0.4, -0.2) is 65.0 Å². The number of amides is 1. The van der Waals surface area contributed by atoms with Crippen molar-refractivity contribution < 1.29 is 9.53 Å². The summed E-state index contributed by atoms with van der Waals surface area (Å²) in [6, 6.07) is 10.6. The summed E-state index contributed by atoms with van der Waals surface area (Å²) in [5.41, 5.74) is 1.22. The molecule has 0 unspecified atom stereocenters. The Bertz CT molecular complexity index is 762. The highest BCUT2D eigenvalue weighted by Crippen LogP contribution is 2.20. The maximum absolute atomic E-state index is 11.9. The first-order valence-electron chi connectivity index (χ1n) is 9.75. The van der Waals surface area contributed by atoms with E-state index in [0.717, 1.165) is 12.4 Å². The number of benzene rings is 1. The summed E-state index contributed by atoms with van der Waals surface area (Å²) in [7, 11) is 0. The number of anilines is 2. The Balaban J connectivity index is 1.70. The standard InChI is InChI=1S/C20H28N6O2/c1-4-28-20(27)25-12-10-24(11-13-25)19-22-18(14-21-23-19)26(16(2)3)15-17-8-6-5-7-9-17/h5-9,14,16H,4,10-13,15H2,1-3H3. The van der Waals surface area contributed by atoms with Crippen LogP contribution in [0.3, 0.4) is 0 Å². The SMILES string of the molecule is CCOC(=O)N1CCN(c2nncc(N(Cc3ccccc3)C(C)C)n2)CC1. The van der Waals surface area contributed by atoms with E-state index < -0.39 is 0 Å². The lowest BCUT2D eigenvalue weighted by molar-refractivity contribution is 0.105. The summed E-state index contributed by atoms with van der Waals surface area (Å²) in [5, 5.41) is 8.41. The van der Waals surface area contributed by atoms with Gasteiger partial charge in [-0.3, -0.25) is 0 Å². The van der Waals surface area contributed by atoms with Crippen molar-refractivity contribution in [3.8, 4) is 0 Å². The van der Waals surface area contributed by atoms with Gasteiger partial charge in [0.15, 0.2) is 5.82 Å². The van der Waals surface area contributed by atoms with Crippen LogP contribution in [-0.2, 0) is 11.3 Å². The van der Waals surface area contributed by atoms with Crippen molar-refractivity contribution in [2.45, 2.75) is 33.4 Å². The number of hydrogen-bond donors (Lipinski definition) is 0. The minimum Gasteiger partial charge on any atom is -0.450 e. The number of hydrogen-bond acceptors (Lipinski definition) is 7. The third kappa shape index (κ3) is 4.88. The Morgan fingerprint density at radius 3 is 2.54 bits per heavy atom. The molecule has 0 atom stereocenters. The molecule has 3 rings (SSSR count). The van der Waals surface area contributed by atoms with Crippen LogP contribution in [0.1, 0.15) is 26.3 Å². The molecule has 2 heterocycles. The van der Waals surface area contributed by atoms with Gasteiger partial charge in [0.05, 0.1) is 12.8 Å². The molecule has 1 aromatic heterocycles. The molecule has 0 aliphatic carbocycles. The van der Waals surface area contributed by atoms with E-state index in [0.29, 0.717) is 38.7 Å². The molecule has 1 amide bonds. The molecule has 2 aromatic rings. The Kier molecular flexibility index (Phi) is 6.62. The summed E-state index contributed by atoms with van der Waals surface area (Å²) in [6.45, 7) is 9.73. The van der Waals surface area contributed by atoms with Crippen molar-refractivity contribution >= 4 is 17.9 Å². The second-order valence-electron chi connectivity index (χ2n) is 6.99. The van der Waals surface area contributed by atoms with E-state index in [-0.39, 0.29) is 12.1 Å². The third-order valence-electron chi connectivity index (χ3n) is 4.74. The number of nitrogens with zero attached hydrogens (tertiary/aromatic N) is 6. The summed E-state index contributed by atoms with van der Waals surface area (Å²) in [5.74, 6) is 1.40. The van der Waals surface area contributed by atoms with Gasteiger partial charge in [0.25, 0.3) is 0 Å². The van der Waals surface area contributed by atoms with Gasteiger partial charge in [0.2, 0.25) is 5.95 Å². The number of rotatable bonds is 6. The molecule has 1 aromatic carbocycles. The number of carbonyl (C=O) groups excluding carboxylic acids is 1. The minimum absolute atomic E-state index is 0.260. The normalized spacial score (nSPS) is 14.3. The first-order chi connectivity index (χ1) is 13.6. The zero-order valence-corrected chi connectivity index (χ0v) is 16.8. The van der Waals surface area contributed by atoms with E-state index in [1.807, 2.05) is 25.1 Å². The summed E-state index contributed by atoms with van der Waals surface area (Å²) in [4.78, 5) is 22.6. The van der Waals surface area contributed by atoms with Gasteiger partial charge < -0.3 is 19.4 Å². The predicted molar refractivity (Wildman–Crippen MR) is 108 cm³/mol. The molecule has 0 saturated carbocycles. The molecule has 150 valence electrons. The van der Waals surface area contributed by atoms with Gasteiger partial charge in [-0.1, -0.05) is 30.3 Å². The highest BCUT2D eigenvalue weighted by atomic mass is 16.6. The second-order valence-corrected chi connectivity index (χ2v) is 6.99. The molecule has 0 spiro atoms. The average molecular weight is 384 g/mol. The second kappa shape index (κ2) is 9.34. The Hall–Kier alpha value is -2.90. The van der Waals surface area contributed by atoms with Crippen LogP contribution in [0.15, 0.2) is 36.5 Å². The molecule has 1 aliphatic rings. The predicted octanol–water partition coefficient (Wildman–Crippen LogP) is 2.57. The monoisotopic (exact) mass is 384 g/mol. The van der Waals surface area contributed by atoms with Crippen LogP contribution >= 0.6 is 0 Å². The average Bonchev–Trinajstić information content (AvgIpc) is 2.73. The molecule has 28 heavy (non-hydrogen) atoms. The van der Waals surface area contributed by atoms with Gasteiger partial charge in [-0.2, -0.15) is 10.1 Å². The fourth-order valence-corrected chi connectivity index (χ4v) is 3.17. The van der Waals surface area contributed by atoms with Crippen molar-refractivity contribution in [2.75, 3.05) is 42.6 Å². The molecule has 1 fully saturated rings. The van der Waals surface area contributed by atoms with Gasteiger partial charge in [0, 0.05) is 38.8 Å². The highest BCUT2D eigenvalue weighted by Gasteiger charge is 2.24. The van der Waals surface area contributed by atoms with Crippen LogP contribution in [0.5, 0.6) is 0 Å². The van der Waals surface area contributed by atoms with Gasteiger partial charge in [-0.25, -0.2) is 4.79 Å². The zero-order chi connectivity index (χ0) is 19.9. The number of piperazine rings is 1. The topological polar surface area (TPSA) is 74.7 Å². The largest absolute Gasteiger partial charge is 0.450 e. The van der Waals surface area contributed by atoms with E-state index in [1.54, 1.807) is 11.1 Å². The molecule has 0 bridgehead atoms. The van der Waals surface area contributed by atoms with Crippen molar-refractivity contribution in [3.63, 3.8) is 0 Å². The lowest BCUT2D eigenvalue weighted by Crippen LogP contribution is -2.49. The quantitative estimate of drug-likeness (QED) is 0.758. The van der Waals surface area contributed by atoms with Crippen molar-refractivity contribution in [2.24, 2.45) is 0 Å². The summed E-state index contributed by atoms with van der Waals surface area (Å²) >= 11 is 0. The Morgan fingerprint density at radius 2 is 1.89 bits per heavy atom. The van der Waals surface area contributed by atoms with Gasteiger partial charge in [-0.05, 0) is 26.3 Å². The van der Waals surface area contributed by atoms with E-state index in [9.17, 15) is 4.79 Å². The molecule has 8 nitrogen and oxygen atoms in total. The van der Waals surface area contributed by atoms with Crippen molar-refractivity contribution in [1.29, 1.82) is 0 Å². The number of aromatic nitrogens is 3. The van der Waals surface area contributed by atoms with Crippen molar-refractivity contribution in [3.05, 3.63) is 42.1 Å². The van der Waals surface area contributed by atoms with E-state index in [2.05, 4.69) is 46.0 Å². The minimum atomic E-state index is -0.260. The third-order valence-corrected chi connectivity index (χ3v) is 4.74. The van der Waals surface area contributed by atoms with E-state index in [1.165, 1.54) is 5.56 Å². The van der Waals surface area contributed by atoms with Crippen LogP contribution in [0.2, 0.25) is 0 Å². The molecule has 0 N–H and O–H groups in total. The molecular weight excluding hydrogens is 356 g/mol. The van der Waals surface area contributed by atoms with Gasteiger partial charge >= 0.3 is 6.09 Å². The zero-order valence-electron chi connectivity index (χ0n) is 16.8. The van der Waals surface area contributed by atoms with E-state index >= 15 is 0 Å². The molecule has 0 radical (unpaired) electrons. The lowest BCUT2D eigenvalue weighted by Gasteiger charge is -2.34. The summed E-state index contributed by atoms with van der Waals surface area (Å²) < 4.78 is 5.07. The number of ether oxygens (including phenoxy) is 1. The smallest absolute Gasteiger partial charge is 0.409 e. The summed E-state index contributed by atoms with van der Waals surface area (Å²) in [6.07, 6.45) is 1.45. The Labute approximate surface area is 166 Å². The maximum Gasteiger partial charge on any atom is 0.409 e. The van der Waals surface area contributed by atoms with Gasteiger partial charge in [0.1, 0.15) is 0 Å². The molecule has 1 aliphatic heterocycles. The number of carbonyl (C=O) groups is 1.